The Hall–Kier alpha value is -1.88. The smallest absolute Gasteiger partial charge is 0.249 e. The first-order valence-electron chi connectivity index (χ1n) is 9.35. The normalized spacial score (nSPS) is 25.0. The SMILES string of the molecule is CN(CC1CCCC1O)C(=O)C(c1ccccc1)N1CCCCC1=O. The summed E-state index contributed by atoms with van der Waals surface area (Å²) in [6, 6.07) is 9.01. The Kier molecular flexibility index (Phi) is 5.74. The summed E-state index contributed by atoms with van der Waals surface area (Å²) in [6.45, 7) is 1.18. The highest BCUT2D eigenvalue weighted by atomic mass is 16.3. The molecule has 3 unspecified atom stereocenters. The summed E-state index contributed by atoms with van der Waals surface area (Å²) in [6.07, 6.45) is 4.82. The highest BCUT2D eigenvalue weighted by Gasteiger charge is 2.36. The molecular weight excluding hydrogens is 316 g/mol. The number of amides is 2. The minimum Gasteiger partial charge on any atom is -0.393 e. The Bertz CT molecular complexity index is 604. The molecule has 1 heterocycles. The summed E-state index contributed by atoms with van der Waals surface area (Å²) in [5.41, 5.74) is 0.863. The fraction of sp³-hybridized carbons (Fsp3) is 0.600. The van der Waals surface area contributed by atoms with Gasteiger partial charge in [-0.3, -0.25) is 9.59 Å². The summed E-state index contributed by atoms with van der Waals surface area (Å²) in [7, 11) is 1.79. The Morgan fingerprint density at radius 2 is 2.00 bits per heavy atom. The minimum absolute atomic E-state index is 0.0550. The molecule has 0 radical (unpaired) electrons. The van der Waals surface area contributed by atoms with Crippen LogP contribution in [0.15, 0.2) is 30.3 Å². The number of hydrogen-bond donors (Lipinski definition) is 1. The molecule has 1 saturated carbocycles. The topological polar surface area (TPSA) is 60.9 Å². The van der Waals surface area contributed by atoms with Crippen LogP contribution in [0.5, 0.6) is 0 Å². The molecule has 1 aromatic rings. The van der Waals surface area contributed by atoms with Crippen LogP contribution in [0.4, 0.5) is 0 Å². The average molecular weight is 344 g/mol. The molecule has 5 heteroatoms. The zero-order valence-electron chi connectivity index (χ0n) is 14.9. The lowest BCUT2D eigenvalue weighted by Gasteiger charge is -2.36. The van der Waals surface area contributed by atoms with Gasteiger partial charge in [0.15, 0.2) is 0 Å². The summed E-state index contributed by atoms with van der Waals surface area (Å²) in [4.78, 5) is 29.1. The monoisotopic (exact) mass is 344 g/mol. The number of likely N-dealkylation sites (tertiary alicyclic amines) is 1. The number of piperidine rings is 1. The van der Waals surface area contributed by atoms with E-state index in [9.17, 15) is 14.7 Å². The molecule has 5 nitrogen and oxygen atoms in total. The first-order valence-corrected chi connectivity index (χ1v) is 9.35. The molecule has 2 fully saturated rings. The lowest BCUT2D eigenvalue weighted by molar-refractivity contribution is -0.147. The van der Waals surface area contributed by atoms with Crippen molar-refractivity contribution in [2.24, 2.45) is 5.92 Å². The lowest BCUT2D eigenvalue weighted by Crippen LogP contribution is -2.47. The van der Waals surface area contributed by atoms with Crippen LogP contribution in [0.2, 0.25) is 0 Å². The maximum atomic E-state index is 13.2. The van der Waals surface area contributed by atoms with Crippen LogP contribution < -0.4 is 0 Å². The highest BCUT2D eigenvalue weighted by molar-refractivity contribution is 5.89. The number of likely N-dealkylation sites (N-methyl/N-ethyl adjacent to an activating group) is 1. The van der Waals surface area contributed by atoms with Gasteiger partial charge in [-0.05, 0) is 31.2 Å². The molecule has 136 valence electrons. The second-order valence-corrected chi connectivity index (χ2v) is 7.33. The van der Waals surface area contributed by atoms with Crippen LogP contribution in [-0.4, -0.2) is 53.0 Å². The maximum Gasteiger partial charge on any atom is 0.249 e. The molecule has 1 aromatic carbocycles. The number of benzene rings is 1. The molecular formula is C20H28N2O3. The van der Waals surface area contributed by atoms with E-state index in [4.69, 9.17) is 0 Å². The quantitative estimate of drug-likeness (QED) is 0.892. The van der Waals surface area contributed by atoms with E-state index in [0.717, 1.165) is 37.7 Å². The van der Waals surface area contributed by atoms with Gasteiger partial charge in [0.1, 0.15) is 6.04 Å². The van der Waals surface area contributed by atoms with Gasteiger partial charge in [-0.25, -0.2) is 0 Å². The lowest BCUT2D eigenvalue weighted by atomic mass is 9.99. The van der Waals surface area contributed by atoms with E-state index in [-0.39, 0.29) is 23.8 Å². The number of carbonyl (C=O) groups is 2. The van der Waals surface area contributed by atoms with Gasteiger partial charge in [0, 0.05) is 32.5 Å². The Balaban J connectivity index is 1.80. The second-order valence-electron chi connectivity index (χ2n) is 7.33. The summed E-state index contributed by atoms with van der Waals surface area (Å²) < 4.78 is 0. The number of carbonyl (C=O) groups excluding carboxylic acids is 2. The predicted octanol–water partition coefficient (Wildman–Crippen LogP) is 2.36. The van der Waals surface area contributed by atoms with Crippen molar-refractivity contribution in [3.8, 4) is 0 Å². The van der Waals surface area contributed by atoms with Crippen molar-refractivity contribution in [2.75, 3.05) is 20.1 Å². The van der Waals surface area contributed by atoms with Crippen LogP contribution in [-0.2, 0) is 9.59 Å². The summed E-state index contributed by atoms with van der Waals surface area (Å²) >= 11 is 0. The number of rotatable bonds is 5. The molecule has 1 aliphatic heterocycles. The Morgan fingerprint density at radius 1 is 1.24 bits per heavy atom. The van der Waals surface area contributed by atoms with E-state index >= 15 is 0 Å². The van der Waals surface area contributed by atoms with Crippen LogP contribution in [0, 0.1) is 5.92 Å². The molecule has 3 atom stereocenters. The second kappa shape index (κ2) is 8.00. The number of aliphatic hydroxyl groups excluding tert-OH is 1. The van der Waals surface area contributed by atoms with Crippen molar-refractivity contribution in [1.82, 2.24) is 9.80 Å². The van der Waals surface area contributed by atoms with Gasteiger partial charge in [-0.15, -0.1) is 0 Å². The molecule has 1 N–H and O–H groups in total. The van der Waals surface area contributed by atoms with Gasteiger partial charge in [-0.2, -0.15) is 0 Å². The number of nitrogens with zero attached hydrogens (tertiary/aromatic N) is 2. The molecule has 0 bridgehead atoms. The van der Waals surface area contributed by atoms with E-state index in [1.165, 1.54) is 0 Å². The Morgan fingerprint density at radius 3 is 2.64 bits per heavy atom. The van der Waals surface area contributed by atoms with E-state index < -0.39 is 6.04 Å². The number of hydrogen-bond acceptors (Lipinski definition) is 3. The molecule has 2 amide bonds. The predicted molar refractivity (Wildman–Crippen MR) is 95.7 cm³/mol. The van der Waals surface area contributed by atoms with Gasteiger partial charge in [-0.1, -0.05) is 36.8 Å². The van der Waals surface area contributed by atoms with Crippen molar-refractivity contribution in [2.45, 2.75) is 50.7 Å². The van der Waals surface area contributed by atoms with E-state index in [1.54, 1.807) is 16.8 Å². The number of aliphatic hydroxyl groups is 1. The van der Waals surface area contributed by atoms with Gasteiger partial charge in [0.25, 0.3) is 0 Å². The summed E-state index contributed by atoms with van der Waals surface area (Å²) in [5, 5.41) is 10.1. The van der Waals surface area contributed by atoms with E-state index in [1.807, 2.05) is 30.3 Å². The van der Waals surface area contributed by atoms with Crippen LogP contribution in [0.25, 0.3) is 0 Å². The van der Waals surface area contributed by atoms with Crippen molar-refractivity contribution in [1.29, 1.82) is 0 Å². The molecule has 1 saturated heterocycles. The molecule has 2 aliphatic rings. The largest absolute Gasteiger partial charge is 0.393 e. The third kappa shape index (κ3) is 4.03. The highest BCUT2D eigenvalue weighted by Crippen LogP contribution is 2.30. The molecule has 0 aromatic heterocycles. The van der Waals surface area contributed by atoms with Crippen LogP contribution in [0.3, 0.4) is 0 Å². The first kappa shape index (κ1) is 17.9. The standard InChI is InChI=1S/C20H28N2O3/c1-21(14-16-10-7-11-17(16)23)20(25)19(15-8-3-2-4-9-15)22-13-6-5-12-18(22)24/h2-4,8-9,16-17,19,23H,5-7,10-14H2,1H3. The fourth-order valence-corrected chi connectivity index (χ4v) is 4.07. The van der Waals surface area contributed by atoms with Crippen molar-refractivity contribution in [3.05, 3.63) is 35.9 Å². The van der Waals surface area contributed by atoms with Crippen molar-refractivity contribution >= 4 is 11.8 Å². The molecule has 1 aliphatic carbocycles. The third-order valence-corrected chi connectivity index (χ3v) is 5.52. The van der Waals surface area contributed by atoms with Gasteiger partial charge in [0.2, 0.25) is 11.8 Å². The maximum absolute atomic E-state index is 13.2. The van der Waals surface area contributed by atoms with Crippen molar-refractivity contribution < 1.29 is 14.7 Å². The van der Waals surface area contributed by atoms with E-state index in [0.29, 0.717) is 19.5 Å². The van der Waals surface area contributed by atoms with Crippen molar-refractivity contribution in [3.63, 3.8) is 0 Å². The summed E-state index contributed by atoms with van der Waals surface area (Å²) in [5.74, 6) is 0.144. The van der Waals surface area contributed by atoms with Gasteiger partial charge >= 0.3 is 0 Å². The molecule has 25 heavy (non-hydrogen) atoms. The first-order chi connectivity index (χ1) is 12.1. The average Bonchev–Trinajstić information content (AvgIpc) is 3.02. The zero-order valence-corrected chi connectivity index (χ0v) is 14.9. The van der Waals surface area contributed by atoms with E-state index in [2.05, 4.69) is 0 Å². The molecule has 3 rings (SSSR count). The Labute approximate surface area is 149 Å². The zero-order chi connectivity index (χ0) is 17.8. The third-order valence-electron chi connectivity index (χ3n) is 5.52. The van der Waals surface area contributed by atoms with Crippen LogP contribution >= 0.6 is 0 Å². The minimum atomic E-state index is -0.558. The molecule has 0 spiro atoms. The van der Waals surface area contributed by atoms with Gasteiger partial charge < -0.3 is 14.9 Å². The van der Waals surface area contributed by atoms with Gasteiger partial charge in [0.05, 0.1) is 6.10 Å². The van der Waals surface area contributed by atoms with Crippen LogP contribution in [0.1, 0.15) is 50.1 Å². The fourth-order valence-electron chi connectivity index (χ4n) is 4.07.